The van der Waals surface area contributed by atoms with Crippen LogP contribution in [0.15, 0.2) is 41.1 Å². The summed E-state index contributed by atoms with van der Waals surface area (Å²) in [6.07, 6.45) is 0.108. The summed E-state index contributed by atoms with van der Waals surface area (Å²) < 4.78 is 1.67. The molecule has 1 aromatic carbocycles. The summed E-state index contributed by atoms with van der Waals surface area (Å²) in [4.78, 5) is 41.4. The summed E-state index contributed by atoms with van der Waals surface area (Å²) in [7, 11) is 0. The van der Waals surface area contributed by atoms with Crippen molar-refractivity contribution in [1.29, 1.82) is 5.26 Å². The first-order valence-corrected chi connectivity index (χ1v) is 11.3. The van der Waals surface area contributed by atoms with Gasteiger partial charge < -0.3 is 10.4 Å². The fourth-order valence-corrected chi connectivity index (χ4v) is 3.89. The van der Waals surface area contributed by atoms with Crippen LogP contribution in [0.3, 0.4) is 0 Å². The number of nitrogens with one attached hydrogen (secondary N) is 2. The van der Waals surface area contributed by atoms with E-state index in [1.54, 1.807) is 32.0 Å². The van der Waals surface area contributed by atoms with Gasteiger partial charge in [0.1, 0.15) is 10.3 Å². The van der Waals surface area contributed by atoms with E-state index in [0.29, 0.717) is 20.8 Å². The molecule has 0 fully saturated rings. The lowest BCUT2D eigenvalue weighted by Gasteiger charge is -2.22. The van der Waals surface area contributed by atoms with Crippen molar-refractivity contribution in [2.45, 2.75) is 20.4 Å². The van der Waals surface area contributed by atoms with Crippen LogP contribution in [0.25, 0.3) is 5.82 Å². The number of aryl methyl sites for hydroxylation is 1. The van der Waals surface area contributed by atoms with Crippen molar-refractivity contribution in [2.24, 2.45) is 0 Å². The summed E-state index contributed by atoms with van der Waals surface area (Å²) in [5, 5.41) is 26.6. The highest BCUT2D eigenvalue weighted by Crippen LogP contribution is 2.22. The number of nitrogens with zero attached hydrogens (tertiary/aromatic N) is 5. The molecule has 3 aromatic rings. The summed E-state index contributed by atoms with van der Waals surface area (Å²) in [5.74, 6) is -0.927. The number of pyridine rings is 1. The van der Waals surface area contributed by atoms with Crippen LogP contribution >= 0.6 is 27.5 Å². The van der Waals surface area contributed by atoms with Gasteiger partial charge in [0.05, 0.1) is 16.7 Å². The number of carbonyl (C=O) groups excluding carboxylic acids is 2. The molecule has 0 aliphatic heterocycles. The Bertz CT molecular complexity index is 1350. The van der Waals surface area contributed by atoms with Gasteiger partial charge in [-0.2, -0.15) is 10.4 Å². The second-order valence-electron chi connectivity index (χ2n) is 7.15. The van der Waals surface area contributed by atoms with Crippen molar-refractivity contribution >= 4 is 45.4 Å². The Hall–Kier alpha value is -3.95. The zero-order chi connectivity index (χ0) is 25.7. The smallest absolute Gasteiger partial charge is 0.423 e. The van der Waals surface area contributed by atoms with Gasteiger partial charge in [-0.15, -0.1) is 0 Å². The molecule has 3 rings (SSSR count). The number of hydrogen-bond acceptors (Lipinski definition) is 6. The summed E-state index contributed by atoms with van der Waals surface area (Å²) in [6, 6.07) is 9.67. The summed E-state index contributed by atoms with van der Waals surface area (Å²) in [6.45, 7) is 3.25. The van der Waals surface area contributed by atoms with Crippen molar-refractivity contribution < 1.29 is 19.5 Å². The van der Waals surface area contributed by atoms with Gasteiger partial charge in [-0.3, -0.25) is 9.59 Å². The van der Waals surface area contributed by atoms with Crippen LogP contribution in [0.4, 0.5) is 4.79 Å². The third kappa shape index (κ3) is 5.76. The van der Waals surface area contributed by atoms with Gasteiger partial charge in [0.15, 0.2) is 5.82 Å². The fraction of sp³-hybridized carbons (Fsp3) is 0.182. The third-order valence-corrected chi connectivity index (χ3v) is 5.58. The second kappa shape index (κ2) is 11.0. The number of nitriles is 1. The van der Waals surface area contributed by atoms with Gasteiger partial charge in [0, 0.05) is 30.9 Å². The first-order chi connectivity index (χ1) is 16.7. The number of aromatic nitrogens is 3. The summed E-state index contributed by atoms with van der Waals surface area (Å²) >= 11 is 9.47. The van der Waals surface area contributed by atoms with Crippen LogP contribution in [-0.4, -0.2) is 49.3 Å². The highest BCUT2D eigenvalue weighted by molar-refractivity contribution is 9.10. The van der Waals surface area contributed by atoms with Gasteiger partial charge in [-0.05, 0) is 65.2 Å². The second-order valence-corrected chi connectivity index (χ2v) is 8.37. The highest BCUT2D eigenvalue weighted by Gasteiger charge is 2.23. The number of rotatable bonds is 6. The van der Waals surface area contributed by atoms with Crippen LogP contribution in [0.2, 0.25) is 5.02 Å². The van der Waals surface area contributed by atoms with E-state index in [0.717, 1.165) is 5.01 Å². The summed E-state index contributed by atoms with van der Waals surface area (Å²) in [5.41, 5.74) is 3.47. The normalized spacial score (nSPS) is 10.4. The predicted molar refractivity (Wildman–Crippen MR) is 129 cm³/mol. The van der Waals surface area contributed by atoms with E-state index in [9.17, 15) is 19.6 Å². The number of amides is 3. The average Bonchev–Trinajstić information content (AvgIpc) is 3.22. The molecule has 0 radical (unpaired) electrons. The van der Waals surface area contributed by atoms with Gasteiger partial charge in [0.2, 0.25) is 0 Å². The fourth-order valence-electron chi connectivity index (χ4n) is 3.31. The van der Waals surface area contributed by atoms with Crippen LogP contribution in [0.1, 0.15) is 44.5 Å². The van der Waals surface area contributed by atoms with Gasteiger partial charge >= 0.3 is 6.09 Å². The number of carbonyl (C=O) groups is 3. The molecule has 2 heterocycles. The largest absolute Gasteiger partial charge is 0.464 e. The molecule has 35 heavy (non-hydrogen) atoms. The molecule has 3 amide bonds. The van der Waals surface area contributed by atoms with Crippen molar-refractivity contribution in [1.82, 2.24) is 30.5 Å². The van der Waals surface area contributed by atoms with Crippen molar-refractivity contribution in [3.05, 3.63) is 74.1 Å². The van der Waals surface area contributed by atoms with E-state index < -0.39 is 17.9 Å². The topological polar surface area (TPSA) is 153 Å². The van der Waals surface area contributed by atoms with Crippen molar-refractivity contribution in [2.75, 3.05) is 6.54 Å². The lowest BCUT2D eigenvalue weighted by atomic mass is 9.97. The van der Waals surface area contributed by atoms with Crippen LogP contribution < -0.4 is 10.7 Å². The van der Waals surface area contributed by atoms with E-state index in [1.165, 1.54) is 23.0 Å². The first kappa shape index (κ1) is 25.7. The number of carboxylic acid groups (broad SMARTS) is 1. The van der Waals surface area contributed by atoms with E-state index in [1.807, 2.05) is 11.5 Å². The van der Waals surface area contributed by atoms with Gasteiger partial charge in [-0.1, -0.05) is 11.6 Å². The SMILES string of the molecule is CCN(NC(=O)O)C(=O)c1cc(C#N)cc(C)c1CNC(=O)c1cc(Br)nn1-c1ncccc1Cl. The molecule has 0 aliphatic rings. The molecule has 0 atom stereocenters. The average molecular weight is 561 g/mol. The minimum Gasteiger partial charge on any atom is -0.464 e. The molecule has 0 bridgehead atoms. The Labute approximate surface area is 213 Å². The Morgan fingerprint density at radius 1 is 1.31 bits per heavy atom. The monoisotopic (exact) mass is 559 g/mol. The van der Waals surface area contributed by atoms with E-state index in [-0.39, 0.29) is 35.7 Å². The van der Waals surface area contributed by atoms with Crippen LogP contribution in [0.5, 0.6) is 0 Å². The van der Waals surface area contributed by atoms with E-state index in [2.05, 4.69) is 31.3 Å². The Morgan fingerprint density at radius 2 is 2.06 bits per heavy atom. The molecule has 11 nitrogen and oxygen atoms in total. The number of halogens is 2. The van der Waals surface area contributed by atoms with E-state index >= 15 is 0 Å². The minimum absolute atomic E-state index is 0.0464. The van der Waals surface area contributed by atoms with Crippen molar-refractivity contribution in [3.63, 3.8) is 0 Å². The van der Waals surface area contributed by atoms with Crippen LogP contribution in [-0.2, 0) is 6.54 Å². The third-order valence-electron chi connectivity index (χ3n) is 4.90. The maximum atomic E-state index is 13.1. The standard InChI is InChI=1S/C22H19BrClN7O4/c1-3-30(29-22(34)35)21(33)14-8-13(10-25)7-12(2)15(14)11-27-20(32)17-9-18(23)28-31(17)19-16(24)5-4-6-26-19/h4-9,29H,3,11H2,1-2H3,(H,27,32)(H,34,35). The minimum atomic E-state index is -1.41. The van der Waals surface area contributed by atoms with Crippen molar-refractivity contribution in [3.8, 4) is 11.9 Å². The lowest BCUT2D eigenvalue weighted by molar-refractivity contribution is 0.0659. The number of hydrogen-bond donors (Lipinski definition) is 3. The predicted octanol–water partition coefficient (Wildman–Crippen LogP) is 3.44. The molecule has 0 aliphatic carbocycles. The van der Waals surface area contributed by atoms with Crippen LogP contribution in [0, 0.1) is 18.3 Å². The molecule has 0 spiro atoms. The maximum absolute atomic E-state index is 13.1. The highest BCUT2D eigenvalue weighted by atomic mass is 79.9. The molecule has 0 saturated carbocycles. The Morgan fingerprint density at radius 3 is 2.69 bits per heavy atom. The molecule has 0 unspecified atom stereocenters. The Kier molecular flexibility index (Phi) is 8.06. The zero-order valence-corrected chi connectivity index (χ0v) is 20.9. The molecule has 0 saturated heterocycles. The van der Waals surface area contributed by atoms with Gasteiger partial charge in [0.25, 0.3) is 11.8 Å². The first-order valence-electron chi connectivity index (χ1n) is 10.2. The molecular weight excluding hydrogens is 542 g/mol. The molecule has 2 aromatic heterocycles. The zero-order valence-electron chi connectivity index (χ0n) is 18.5. The lowest BCUT2D eigenvalue weighted by Crippen LogP contribution is -2.46. The quantitative estimate of drug-likeness (QED) is 0.390. The molecular formula is C22H19BrClN7O4. The molecule has 13 heteroatoms. The Balaban J connectivity index is 1.94. The number of hydrazine groups is 1. The number of benzene rings is 1. The molecule has 3 N–H and O–H groups in total. The van der Waals surface area contributed by atoms with E-state index in [4.69, 9.17) is 16.7 Å². The maximum Gasteiger partial charge on any atom is 0.423 e. The van der Waals surface area contributed by atoms with Gasteiger partial charge in [-0.25, -0.2) is 24.9 Å². The molecule has 180 valence electrons.